The van der Waals surface area contributed by atoms with E-state index in [1.165, 1.54) is 0 Å². The van der Waals surface area contributed by atoms with Gasteiger partial charge in [0.25, 0.3) is 0 Å². The first kappa shape index (κ1) is 13.6. The molecular weight excluding hydrogens is 266 g/mol. The minimum Gasteiger partial charge on any atom is -0.491 e. The fourth-order valence-corrected chi connectivity index (χ4v) is 2.63. The number of para-hydroxylation sites is 1. The maximum atomic E-state index is 10.9. The molecule has 0 aliphatic carbocycles. The average Bonchev–Trinajstić information content (AvgIpc) is 2.89. The monoisotopic (exact) mass is 283 g/mol. The molecule has 1 aliphatic rings. The van der Waals surface area contributed by atoms with E-state index in [0.29, 0.717) is 13.2 Å². The Hall–Kier alpha value is -2.33. The Kier molecular flexibility index (Phi) is 3.88. The average molecular weight is 283 g/mol. The fourth-order valence-electron chi connectivity index (χ4n) is 2.63. The summed E-state index contributed by atoms with van der Waals surface area (Å²) in [6.07, 6.45) is 0.0512. The third-order valence-corrected chi connectivity index (χ3v) is 3.70. The van der Waals surface area contributed by atoms with E-state index in [0.717, 1.165) is 22.4 Å². The van der Waals surface area contributed by atoms with Gasteiger partial charge in [-0.3, -0.25) is 4.79 Å². The van der Waals surface area contributed by atoms with Crippen molar-refractivity contribution in [1.29, 1.82) is 0 Å². The van der Waals surface area contributed by atoms with Crippen LogP contribution in [0.15, 0.2) is 48.5 Å². The Morgan fingerprint density at radius 3 is 2.67 bits per heavy atom. The fraction of sp³-hybridized carbons (Fsp3) is 0.235. The molecule has 21 heavy (non-hydrogen) atoms. The van der Waals surface area contributed by atoms with E-state index in [9.17, 15) is 4.79 Å². The van der Waals surface area contributed by atoms with Gasteiger partial charge in [-0.25, -0.2) is 0 Å². The van der Waals surface area contributed by atoms with Crippen molar-refractivity contribution in [1.82, 2.24) is 5.32 Å². The van der Waals surface area contributed by atoms with E-state index < -0.39 is 5.97 Å². The minimum absolute atomic E-state index is 0.0512. The summed E-state index contributed by atoms with van der Waals surface area (Å²) in [5, 5.41) is 12.4. The minimum atomic E-state index is -0.808. The molecule has 108 valence electrons. The normalized spacial score (nSPS) is 16.3. The van der Waals surface area contributed by atoms with Crippen molar-refractivity contribution >= 4 is 5.97 Å². The van der Waals surface area contributed by atoms with Crippen molar-refractivity contribution in [3.63, 3.8) is 0 Å². The van der Waals surface area contributed by atoms with Crippen LogP contribution in [0.1, 0.15) is 22.7 Å². The van der Waals surface area contributed by atoms with Gasteiger partial charge in [0.1, 0.15) is 12.4 Å². The van der Waals surface area contributed by atoms with Gasteiger partial charge in [0.05, 0.1) is 12.5 Å². The van der Waals surface area contributed by atoms with Gasteiger partial charge in [0.2, 0.25) is 0 Å². The highest BCUT2D eigenvalue weighted by Gasteiger charge is 2.23. The Morgan fingerprint density at radius 2 is 1.86 bits per heavy atom. The number of rotatable bonds is 5. The second-order valence-electron chi connectivity index (χ2n) is 5.12. The van der Waals surface area contributed by atoms with Crippen molar-refractivity contribution in [3.8, 4) is 5.75 Å². The zero-order valence-corrected chi connectivity index (χ0v) is 11.6. The molecule has 0 saturated carbocycles. The number of hydrogen-bond acceptors (Lipinski definition) is 3. The van der Waals surface area contributed by atoms with Gasteiger partial charge in [-0.2, -0.15) is 0 Å². The molecule has 4 heteroatoms. The number of nitrogens with one attached hydrogen (secondary N) is 1. The van der Waals surface area contributed by atoms with Crippen LogP contribution in [-0.4, -0.2) is 17.7 Å². The van der Waals surface area contributed by atoms with E-state index in [1.54, 1.807) is 0 Å². The first-order chi connectivity index (χ1) is 10.2. The summed E-state index contributed by atoms with van der Waals surface area (Å²) in [5.74, 6) is 0.116. The van der Waals surface area contributed by atoms with Crippen LogP contribution in [0.5, 0.6) is 5.75 Å². The van der Waals surface area contributed by atoms with Crippen LogP contribution in [-0.2, 0) is 17.8 Å². The number of ether oxygens (including phenoxy) is 1. The number of fused-ring (bicyclic) bond motifs is 1. The molecule has 2 aromatic carbocycles. The second-order valence-corrected chi connectivity index (χ2v) is 5.12. The molecule has 1 atom stereocenters. The highest BCUT2D eigenvalue weighted by molar-refractivity contribution is 5.70. The molecule has 2 aromatic rings. The van der Waals surface area contributed by atoms with Gasteiger partial charge in [0, 0.05) is 12.1 Å². The predicted octanol–water partition coefficient (Wildman–Crippen LogP) is 2.54. The van der Waals surface area contributed by atoms with Gasteiger partial charge in [0.15, 0.2) is 0 Å². The Labute approximate surface area is 123 Å². The molecular formula is C17H17NO3. The number of benzene rings is 2. The van der Waals surface area contributed by atoms with Gasteiger partial charge in [-0.05, 0) is 17.2 Å². The highest BCUT2D eigenvalue weighted by Crippen LogP contribution is 2.31. The first-order valence-corrected chi connectivity index (χ1v) is 6.98. The van der Waals surface area contributed by atoms with Crippen LogP contribution in [0.4, 0.5) is 0 Å². The maximum absolute atomic E-state index is 10.9. The Morgan fingerprint density at radius 1 is 1.14 bits per heavy atom. The number of carboxylic acid groups (broad SMARTS) is 1. The smallest absolute Gasteiger partial charge is 0.307 e. The summed E-state index contributed by atoms with van der Waals surface area (Å²) in [7, 11) is 0. The molecule has 1 unspecified atom stereocenters. The lowest BCUT2D eigenvalue weighted by Crippen LogP contribution is -2.22. The number of hydrogen-bond donors (Lipinski definition) is 2. The van der Waals surface area contributed by atoms with Crippen molar-refractivity contribution in [2.45, 2.75) is 19.0 Å². The lowest BCUT2D eigenvalue weighted by atomic mass is 10.0. The molecule has 1 aliphatic heterocycles. The second kappa shape index (κ2) is 5.97. The standard InChI is InChI=1S/C17H17NO3/c19-17(20)9-12-5-1-2-6-13(12)10-18-15-11-21-16-8-4-3-7-14(15)16/h1-8,15,18H,9-11H2,(H,19,20). The van der Waals surface area contributed by atoms with Crippen molar-refractivity contribution in [2.24, 2.45) is 0 Å². The van der Waals surface area contributed by atoms with Gasteiger partial charge < -0.3 is 15.2 Å². The van der Waals surface area contributed by atoms with E-state index in [2.05, 4.69) is 11.4 Å². The molecule has 0 amide bonds. The topological polar surface area (TPSA) is 58.6 Å². The third-order valence-electron chi connectivity index (χ3n) is 3.70. The molecule has 2 N–H and O–H groups in total. The van der Waals surface area contributed by atoms with E-state index in [4.69, 9.17) is 9.84 Å². The van der Waals surface area contributed by atoms with Gasteiger partial charge >= 0.3 is 5.97 Å². The Balaban J connectivity index is 1.70. The van der Waals surface area contributed by atoms with Crippen molar-refractivity contribution in [2.75, 3.05) is 6.61 Å². The lowest BCUT2D eigenvalue weighted by Gasteiger charge is -2.14. The van der Waals surface area contributed by atoms with Crippen LogP contribution in [0.25, 0.3) is 0 Å². The summed E-state index contributed by atoms with van der Waals surface area (Å²) in [5.41, 5.74) is 3.03. The molecule has 0 bridgehead atoms. The quantitative estimate of drug-likeness (QED) is 0.885. The first-order valence-electron chi connectivity index (χ1n) is 6.98. The molecule has 3 rings (SSSR count). The summed E-state index contributed by atoms with van der Waals surface area (Å²) in [6.45, 7) is 1.24. The Bertz CT molecular complexity index is 654. The summed E-state index contributed by atoms with van der Waals surface area (Å²) in [6, 6.07) is 15.8. The molecule has 1 heterocycles. The predicted molar refractivity (Wildman–Crippen MR) is 79.3 cm³/mol. The SMILES string of the molecule is O=C(O)Cc1ccccc1CNC1COc2ccccc21. The number of carboxylic acids is 1. The van der Waals surface area contributed by atoms with E-state index in [1.807, 2.05) is 42.5 Å². The van der Waals surface area contributed by atoms with Crippen molar-refractivity contribution < 1.29 is 14.6 Å². The number of aliphatic carboxylic acids is 1. The van der Waals surface area contributed by atoms with Gasteiger partial charge in [-0.15, -0.1) is 0 Å². The summed E-state index contributed by atoms with van der Waals surface area (Å²) < 4.78 is 5.64. The zero-order chi connectivity index (χ0) is 14.7. The highest BCUT2D eigenvalue weighted by atomic mass is 16.5. The molecule has 0 radical (unpaired) electrons. The van der Waals surface area contributed by atoms with Crippen LogP contribution in [0, 0.1) is 0 Å². The summed E-state index contributed by atoms with van der Waals surface area (Å²) >= 11 is 0. The lowest BCUT2D eigenvalue weighted by molar-refractivity contribution is -0.136. The summed E-state index contributed by atoms with van der Waals surface area (Å²) in [4.78, 5) is 10.9. The third kappa shape index (κ3) is 3.06. The zero-order valence-electron chi connectivity index (χ0n) is 11.6. The molecule has 0 fully saturated rings. The molecule has 0 aromatic heterocycles. The van der Waals surface area contributed by atoms with E-state index in [-0.39, 0.29) is 12.5 Å². The van der Waals surface area contributed by atoms with Crippen LogP contribution in [0.2, 0.25) is 0 Å². The van der Waals surface area contributed by atoms with Crippen LogP contribution < -0.4 is 10.1 Å². The largest absolute Gasteiger partial charge is 0.491 e. The van der Waals surface area contributed by atoms with Crippen LogP contribution >= 0.6 is 0 Å². The van der Waals surface area contributed by atoms with Crippen LogP contribution in [0.3, 0.4) is 0 Å². The molecule has 4 nitrogen and oxygen atoms in total. The van der Waals surface area contributed by atoms with Crippen molar-refractivity contribution in [3.05, 3.63) is 65.2 Å². The maximum Gasteiger partial charge on any atom is 0.307 e. The molecule has 0 saturated heterocycles. The van der Waals surface area contributed by atoms with E-state index >= 15 is 0 Å². The number of carbonyl (C=O) groups is 1. The van der Waals surface area contributed by atoms with Gasteiger partial charge in [-0.1, -0.05) is 42.5 Å². The molecule has 0 spiro atoms.